The second-order valence-corrected chi connectivity index (χ2v) is 4.31. The van der Waals surface area contributed by atoms with Crippen LogP contribution in [0.2, 0.25) is 0 Å². The van der Waals surface area contributed by atoms with Crippen molar-refractivity contribution in [2.45, 2.75) is 20.3 Å². The molecule has 0 aliphatic carbocycles. The smallest absolute Gasteiger partial charge is 0.307 e. The molecule has 0 aromatic heterocycles. The number of ether oxygens (including phenoxy) is 1. The number of rotatable bonds is 7. The summed E-state index contributed by atoms with van der Waals surface area (Å²) in [6, 6.07) is 4.80. The molecule has 1 N–H and O–H groups in total. The molecule has 0 atom stereocenters. The van der Waals surface area contributed by atoms with E-state index < -0.39 is 5.97 Å². The monoisotopic (exact) mass is 274 g/mol. The van der Waals surface area contributed by atoms with Gasteiger partial charge < -0.3 is 9.84 Å². The average molecular weight is 274 g/mol. The van der Waals surface area contributed by atoms with Gasteiger partial charge in [-0.05, 0) is 25.5 Å². The van der Waals surface area contributed by atoms with Crippen molar-refractivity contribution in [1.82, 2.24) is 0 Å². The van der Waals surface area contributed by atoms with Crippen LogP contribution in [-0.2, 0) is 11.2 Å². The summed E-state index contributed by atoms with van der Waals surface area (Å²) in [6.45, 7) is 7.27. The predicted octanol–water partition coefficient (Wildman–Crippen LogP) is 3.03. The standard InChI is InChI=1S/C16H18O4/c1-4-12(5-2)10-20-15-8-13(11(3)17)6-7-14(15)9-16(18)19/h4-8H,1,9-10H2,2-3H3,(H,18,19)/b12-5+. The minimum Gasteiger partial charge on any atom is -0.489 e. The van der Waals surface area contributed by atoms with Gasteiger partial charge in [-0.1, -0.05) is 30.9 Å². The predicted molar refractivity (Wildman–Crippen MR) is 77.2 cm³/mol. The summed E-state index contributed by atoms with van der Waals surface area (Å²) < 4.78 is 5.62. The normalized spacial score (nSPS) is 11.0. The number of carbonyl (C=O) groups excluding carboxylic acids is 1. The first-order chi connectivity index (χ1) is 9.47. The summed E-state index contributed by atoms with van der Waals surface area (Å²) in [5.74, 6) is -0.617. The van der Waals surface area contributed by atoms with Gasteiger partial charge in [0.15, 0.2) is 5.78 Å². The van der Waals surface area contributed by atoms with Gasteiger partial charge >= 0.3 is 5.97 Å². The molecular formula is C16H18O4. The lowest BCUT2D eigenvalue weighted by atomic mass is 10.1. The SMILES string of the molecule is C=C/C(=C\C)COc1cc(C(C)=O)ccc1CC(=O)O. The number of allylic oxidation sites excluding steroid dienone is 1. The Hall–Kier alpha value is -2.36. The Morgan fingerprint density at radius 2 is 2.10 bits per heavy atom. The maximum absolute atomic E-state index is 11.4. The molecule has 0 saturated heterocycles. The summed E-state index contributed by atoms with van der Waals surface area (Å²) in [4.78, 5) is 22.2. The van der Waals surface area contributed by atoms with Crippen LogP contribution in [0.25, 0.3) is 0 Å². The van der Waals surface area contributed by atoms with Gasteiger partial charge in [0, 0.05) is 11.1 Å². The summed E-state index contributed by atoms with van der Waals surface area (Å²) in [5.41, 5.74) is 1.93. The van der Waals surface area contributed by atoms with Crippen molar-refractivity contribution in [2.24, 2.45) is 0 Å². The van der Waals surface area contributed by atoms with E-state index in [1.54, 1.807) is 24.3 Å². The molecule has 0 radical (unpaired) electrons. The van der Waals surface area contributed by atoms with Gasteiger partial charge in [-0.25, -0.2) is 0 Å². The summed E-state index contributed by atoms with van der Waals surface area (Å²) in [5, 5.41) is 8.89. The van der Waals surface area contributed by atoms with Crippen LogP contribution in [0.1, 0.15) is 29.8 Å². The number of hydrogen-bond acceptors (Lipinski definition) is 3. The quantitative estimate of drug-likeness (QED) is 0.613. The fourth-order valence-electron chi connectivity index (χ4n) is 1.64. The molecule has 0 bridgehead atoms. The third-order valence-electron chi connectivity index (χ3n) is 2.84. The van der Waals surface area contributed by atoms with Crippen LogP contribution in [0, 0.1) is 0 Å². The minimum absolute atomic E-state index is 0.0910. The van der Waals surface area contributed by atoms with E-state index in [0.29, 0.717) is 16.9 Å². The molecule has 0 aliphatic rings. The number of benzene rings is 1. The molecular weight excluding hydrogens is 256 g/mol. The van der Waals surface area contributed by atoms with E-state index in [0.717, 1.165) is 5.57 Å². The largest absolute Gasteiger partial charge is 0.489 e. The minimum atomic E-state index is -0.944. The zero-order valence-corrected chi connectivity index (χ0v) is 11.7. The Balaban J connectivity index is 3.04. The van der Waals surface area contributed by atoms with Crippen LogP contribution in [0.15, 0.2) is 42.5 Å². The van der Waals surface area contributed by atoms with Crippen molar-refractivity contribution in [2.75, 3.05) is 6.61 Å². The molecule has 106 valence electrons. The average Bonchev–Trinajstić information content (AvgIpc) is 2.40. The van der Waals surface area contributed by atoms with E-state index >= 15 is 0 Å². The van der Waals surface area contributed by atoms with E-state index in [1.165, 1.54) is 6.92 Å². The zero-order chi connectivity index (χ0) is 15.1. The lowest BCUT2D eigenvalue weighted by Gasteiger charge is -2.12. The second-order valence-electron chi connectivity index (χ2n) is 4.31. The van der Waals surface area contributed by atoms with Gasteiger partial charge in [0.2, 0.25) is 0 Å². The molecule has 1 rings (SSSR count). The third-order valence-corrected chi connectivity index (χ3v) is 2.84. The topological polar surface area (TPSA) is 63.6 Å². The first-order valence-electron chi connectivity index (χ1n) is 6.24. The van der Waals surface area contributed by atoms with Crippen molar-refractivity contribution in [3.63, 3.8) is 0 Å². The maximum atomic E-state index is 11.4. The van der Waals surface area contributed by atoms with Crippen molar-refractivity contribution in [1.29, 1.82) is 0 Å². The molecule has 1 aromatic carbocycles. The van der Waals surface area contributed by atoms with Crippen molar-refractivity contribution in [3.8, 4) is 5.75 Å². The highest BCUT2D eigenvalue weighted by atomic mass is 16.5. The number of aliphatic carboxylic acids is 1. The van der Waals surface area contributed by atoms with E-state index in [4.69, 9.17) is 9.84 Å². The Bertz CT molecular complexity index is 556. The summed E-state index contributed by atoms with van der Waals surface area (Å²) >= 11 is 0. The Labute approximate surface area is 118 Å². The molecule has 0 spiro atoms. The number of carboxylic acids is 1. The molecule has 0 unspecified atom stereocenters. The number of carboxylic acid groups (broad SMARTS) is 1. The van der Waals surface area contributed by atoms with Crippen LogP contribution < -0.4 is 4.74 Å². The van der Waals surface area contributed by atoms with Crippen LogP contribution in [-0.4, -0.2) is 23.5 Å². The number of hydrogen-bond donors (Lipinski definition) is 1. The molecule has 0 saturated carbocycles. The highest BCUT2D eigenvalue weighted by molar-refractivity contribution is 5.94. The first kappa shape index (κ1) is 15.7. The third kappa shape index (κ3) is 4.39. The molecule has 20 heavy (non-hydrogen) atoms. The second kappa shape index (κ2) is 7.28. The fraction of sp³-hybridized carbons (Fsp3) is 0.250. The van der Waals surface area contributed by atoms with Crippen molar-refractivity contribution in [3.05, 3.63) is 53.6 Å². The first-order valence-corrected chi connectivity index (χ1v) is 6.24. The van der Waals surface area contributed by atoms with E-state index in [1.807, 2.05) is 13.0 Å². The highest BCUT2D eigenvalue weighted by Crippen LogP contribution is 2.22. The number of Topliss-reactive ketones (excluding diaryl/α,β-unsaturated/α-hetero) is 1. The Kier molecular flexibility index (Phi) is 5.72. The van der Waals surface area contributed by atoms with E-state index in [9.17, 15) is 9.59 Å². The van der Waals surface area contributed by atoms with Gasteiger partial charge in [-0.15, -0.1) is 0 Å². The van der Waals surface area contributed by atoms with Crippen LogP contribution in [0.5, 0.6) is 5.75 Å². The molecule has 0 fully saturated rings. The molecule has 0 aliphatic heterocycles. The number of carbonyl (C=O) groups is 2. The highest BCUT2D eigenvalue weighted by Gasteiger charge is 2.11. The zero-order valence-electron chi connectivity index (χ0n) is 11.7. The van der Waals surface area contributed by atoms with Gasteiger partial charge in [-0.2, -0.15) is 0 Å². The molecule has 4 heteroatoms. The fourth-order valence-corrected chi connectivity index (χ4v) is 1.64. The van der Waals surface area contributed by atoms with E-state index in [-0.39, 0.29) is 18.8 Å². The van der Waals surface area contributed by atoms with Crippen molar-refractivity contribution >= 4 is 11.8 Å². The molecule has 4 nitrogen and oxygen atoms in total. The summed E-state index contributed by atoms with van der Waals surface area (Å²) in [6.07, 6.45) is 3.39. The Morgan fingerprint density at radius 1 is 1.40 bits per heavy atom. The van der Waals surface area contributed by atoms with Gasteiger partial charge in [0.05, 0.1) is 6.42 Å². The molecule has 0 heterocycles. The molecule has 1 aromatic rings. The van der Waals surface area contributed by atoms with Gasteiger partial charge in [-0.3, -0.25) is 9.59 Å². The summed E-state index contributed by atoms with van der Waals surface area (Å²) in [7, 11) is 0. The molecule has 0 amide bonds. The Morgan fingerprint density at radius 3 is 2.60 bits per heavy atom. The van der Waals surface area contributed by atoms with Crippen LogP contribution >= 0.6 is 0 Å². The number of ketones is 1. The van der Waals surface area contributed by atoms with Crippen LogP contribution in [0.3, 0.4) is 0 Å². The lowest BCUT2D eigenvalue weighted by molar-refractivity contribution is -0.136. The lowest BCUT2D eigenvalue weighted by Crippen LogP contribution is -2.07. The van der Waals surface area contributed by atoms with Gasteiger partial charge in [0.25, 0.3) is 0 Å². The maximum Gasteiger partial charge on any atom is 0.307 e. The van der Waals surface area contributed by atoms with E-state index in [2.05, 4.69) is 6.58 Å². The van der Waals surface area contributed by atoms with Crippen LogP contribution in [0.4, 0.5) is 0 Å². The van der Waals surface area contributed by atoms with Crippen molar-refractivity contribution < 1.29 is 19.4 Å². The van der Waals surface area contributed by atoms with Gasteiger partial charge in [0.1, 0.15) is 12.4 Å².